The molecule has 1 fully saturated rings. The zero-order valence-electron chi connectivity index (χ0n) is 13.2. The van der Waals surface area contributed by atoms with Crippen molar-refractivity contribution in [3.8, 4) is 11.5 Å². The molecule has 1 aliphatic rings. The summed E-state index contributed by atoms with van der Waals surface area (Å²) >= 11 is 0. The van der Waals surface area contributed by atoms with E-state index in [1.807, 2.05) is 36.4 Å². The van der Waals surface area contributed by atoms with Crippen LogP contribution >= 0.6 is 0 Å². The summed E-state index contributed by atoms with van der Waals surface area (Å²) in [5.41, 5.74) is 3.85. The van der Waals surface area contributed by atoms with Gasteiger partial charge in [0.15, 0.2) is 11.5 Å². The smallest absolute Gasteiger partial charge is 0.162 e. The summed E-state index contributed by atoms with van der Waals surface area (Å²) in [5.74, 6) is 2.24. The van der Waals surface area contributed by atoms with Crippen molar-refractivity contribution in [2.45, 2.75) is 31.8 Å². The summed E-state index contributed by atoms with van der Waals surface area (Å²) in [6, 6.07) is 11.5. The van der Waals surface area contributed by atoms with Gasteiger partial charge in [-0.05, 0) is 61.6 Å². The first-order chi connectivity index (χ1) is 11.3. The molecule has 0 aliphatic heterocycles. The van der Waals surface area contributed by atoms with Crippen molar-refractivity contribution in [3.63, 3.8) is 0 Å². The van der Waals surface area contributed by atoms with E-state index in [0.717, 1.165) is 29.9 Å². The molecule has 1 aliphatic carbocycles. The molecule has 3 rings (SSSR count). The van der Waals surface area contributed by atoms with Crippen LogP contribution in [-0.4, -0.2) is 24.4 Å². The van der Waals surface area contributed by atoms with Gasteiger partial charge in [-0.1, -0.05) is 6.07 Å². The minimum absolute atomic E-state index is 0.294. The molecule has 1 saturated carbocycles. The van der Waals surface area contributed by atoms with Crippen LogP contribution in [0.1, 0.15) is 31.2 Å². The average Bonchev–Trinajstić information content (AvgIpc) is 3.09. The number of ether oxygens (including phenoxy) is 2. The summed E-state index contributed by atoms with van der Waals surface area (Å²) in [6.07, 6.45) is 8.46. The number of pyridine rings is 1. The van der Waals surface area contributed by atoms with Gasteiger partial charge in [0.25, 0.3) is 0 Å². The first-order valence-corrected chi connectivity index (χ1v) is 7.90. The molecule has 1 N–H and O–H groups in total. The van der Waals surface area contributed by atoms with Crippen molar-refractivity contribution in [2.75, 3.05) is 12.5 Å². The molecule has 0 unspecified atom stereocenters. The van der Waals surface area contributed by atoms with Crippen LogP contribution in [0.25, 0.3) is 0 Å². The molecule has 2 aromatic rings. The molecule has 0 amide bonds. The minimum Gasteiger partial charge on any atom is -0.493 e. The summed E-state index contributed by atoms with van der Waals surface area (Å²) < 4.78 is 11.5. The Morgan fingerprint density at radius 1 is 1.17 bits per heavy atom. The molecule has 0 saturated heterocycles. The van der Waals surface area contributed by atoms with E-state index in [4.69, 9.17) is 9.47 Å². The Labute approximate surface area is 136 Å². The van der Waals surface area contributed by atoms with E-state index in [1.54, 1.807) is 19.5 Å². The fourth-order valence-electron chi connectivity index (χ4n) is 2.65. The number of aromatic nitrogens is 1. The van der Waals surface area contributed by atoms with E-state index in [0.29, 0.717) is 11.9 Å². The standard InChI is InChI=1S/C18H21N3O2/c1-22-16-10-9-14(12-17(16)23-15-6-2-3-7-15)13-20-21-18-8-4-5-11-19-18/h4-5,8-13,15H,2-3,6-7H2,1H3,(H,19,21). The van der Waals surface area contributed by atoms with Crippen LogP contribution in [0.3, 0.4) is 0 Å². The molecule has 120 valence electrons. The topological polar surface area (TPSA) is 55.7 Å². The lowest BCUT2D eigenvalue weighted by Gasteiger charge is -2.16. The van der Waals surface area contributed by atoms with Gasteiger partial charge in [-0.2, -0.15) is 5.10 Å². The highest BCUT2D eigenvalue weighted by molar-refractivity contribution is 5.81. The quantitative estimate of drug-likeness (QED) is 0.650. The fourth-order valence-corrected chi connectivity index (χ4v) is 2.65. The Morgan fingerprint density at radius 3 is 2.78 bits per heavy atom. The number of benzene rings is 1. The van der Waals surface area contributed by atoms with Crippen molar-refractivity contribution < 1.29 is 9.47 Å². The molecule has 23 heavy (non-hydrogen) atoms. The fraction of sp³-hybridized carbons (Fsp3) is 0.333. The molecule has 1 aromatic carbocycles. The number of anilines is 1. The maximum atomic E-state index is 6.08. The van der Waals surface area contributed by atoms with Crippen molar-refractivity contribution in [3.05, 3.63) is 48.2 Å². The van der Waals surface area contributed by atoms with Gasteiger partial charge in [-0.3, -0.25) is 5.43 Å². The first-order valence-electron chi connectivity index (χ1n) is 7.90. The number of hydrogen-bond donors (Lipinski definition) is 1. The van der Waals surface area contributed by atoms with Crippen LogP contribution < -0.4 is 14.9 Å². The zero-order chi connectivity index (χ0) is 15.9. The van der Waals surface area contributed by atoms with Gasteiger partial charge >= 0.3 is 0 Å². The van der Waals surface area contributed by atoms with Crippen LogP contribution in [0, 0.1) is 0 Å². The van der Waals surface area contributed by atoms with E-state index in [2.05, 4.69) is 15.5 Å². The second-order valence-electron chi connectivity index (χ2n) is 5.52. The highest BCUT2D eigenvalue weighted by atomic mass is 16.5. The zero-order valence-corrected chi connectivity index (χ0v) is 13.2. The summed E-state index contributed by atoms with van der Waals surface area (Å²) in [5, 5.41) is 4.21. The second kappa shape index (κ2) is 7.63. The molecule has 0 bridgehead atoms. The summed E-state index contributed by atoms with van der Waals surface area (Å²) in [6.45, 7) is 0. The Morgan fingerprint density at radius 2 is 2.04 bits per heavy atom. The number of nitrogens with zero attached hydrogens (tertiary/aromatic N) is 2. The van der Waals surface area contributed by atoms with Gasteiger partial charge in [0.2, 0.25) is 0 Å². The van der Waals surface area contributed by atoms with E-state index < -0.39 is 0 Å². The highest BCUT2D eigenvalue weighted by Crippen LogP contribution is 2.32. The van der Waals surface area contributed by atoms with E-state index in [-0.39, 0.29) is 0 Å². The maximum Gasteiger partial charge on any atom is 0.162 e. The third-order valence-corrected chi connectivity index (χ3v) is 3.84. The summed E-state index contributed by atoms with van der Waals surface area (Å²) in [7, 11) is 1.66. The van der Waals surface area contributed by atoms with Gasteiger partial charge < -0.3 is 9.47 Å². The Kier molecular flexibility index (Phi) is 5.09. The van der Waals surface area contributed by atoms with Gasteiger partial charge in [0.1, 0.15) is 5.82 Å². The van der Waals surface area contributed by atoms with E-state index in [9.17, 15) is 0 Å². The van der Waals surface area contributed by atoms with Gasteiger partial charge in [0.05, 0.1) is 19.4 Å². The Hall–Kier alpha value is -2.56. The van der Waals surface area contributed by atoms with Crippen LogP contribution in [0.5, 0.6) is 11.5 Å². The van der Waals surface area contributed by atoms with Crippen molar-refractivity contribution in [1.29, 1.82) is 0 Å². The number of methoxy groups -OCH3 is 1. The third-order valence-electron chi connectivity index (χ3n) is 3.84. The molecule has 0 spiro atoms. The average molecular weight is 311 g/mol. The number of hydrazone groups is 1. The monoisotopic (exact) mass is 311 g/mol. The maximum absolute atomic E-state index is 6.08. The van der Waals surface area contributed by atoms with Crippen molar-refractivity contribution in [2.24, 2.45) is 5.10 Å². The Balaban J connectivity index is 1.69. The molecule has 1 aromatic heterocycles. The van der Waals surface area contributed by atoms with Gasteiger partial charge in [0, 0.05) is 6.20 Å². The normalized spacial score (nSPS) is 15.0. The van der Waals surface area contributed by atoms with Crippen LogP contribution in [0.15, 0.2) is 47.7 Å². The molecular weight excluding hydrogens is 290 g/mol. The SMILES string of the molecule is COc1ccc(C=NNc2ccccn2)cc1OC1CCCC1. The lowest BCUT2D eigenvalue weighted by atomic mass is 10.2. The third kappa shape index (κ3) is 4.22. The lowest BCUT2D eigenvalue weighted by Crippen LogP contribution is -2.11. The van der Waals surface area contributed by atoms with Crippen LogP contribution in [-0.2, 0) is 0 Å². The predicted octanol–water partition coefficient (Wildman–Crippen LogP) is 3.86. The second-order valence-corrected chi connectivity index (χ2v) is 5.52. The molecular formula is C18H21N3O2. The molecule has 0 atom stereocenters. The number of hydrogen-bond acceptors (Lipinski definition) is 5. The molecule has 5 heteroatoms. The van der Waals surface area contributed by atoms with E-state index in [1.165, 1.54) is 12.8 Å². The van der Waals surface area contributed by atoms with Gasteiger partial charge in [-0.15, -0.1) is 0 Å². The number of rotatable bonds is 6. The molecule has 1 heterocycles. The number of nitrogens with one attached hydrogen (secondary N) is 1. The van der Waals surface area contributed by atoms with Crippen molar-refractivity contribution in [1.82, 2.24) is 4.98 Å². The largest absolute Gasteiger partial charge is 0.493 e. The molecule has 5 nitrogen and oxygen atoms in total. The van der Waals surface area contributed by atoms with Gasteiger partial charge in [-0.25, -0.2) is 4.98 Å². The highest BCUT2D eigenvalue weighted by Gasteiger charge is 2.18. The molecule has 0 radical (unpaired) electrons. The minimum atomic E-state index is 0.294. The first kappa shape index (κ1) is 15.3. The van der Waals surface area contributed by atoms with Crippen LogP contribution in [0.2, 0.25) is 0 Å². The van der Waals surface area contributed by atoms with Crippen molar-refractivity contribution >= 4 is 12.0 Å². The summed E-state index contributed by atoms with van der Waals surface area (Å²) in [4.78, 5) is 4.15. The van der Waals surface area contributed by atoms with Crippen LogP contribution in [0.4, 0.5) is 5.82 Å². The predicted molar refractivity (Wildman–Crippen MR) is 91.3 cm³/mol. The lowest BCUT2D eigenvalue weighted by molar-refractivity contribution is 0.201. The van der Waals surface area contributed by atoms with E-state index >= 15 is 0 Å². The Bertz CT molecular complexity index is 653.